The van der Waals surface area contributed by atoms with Gasteiger partial charge in [-0.3, -0.25) is 4.79 Å². The molecule has 1 heterocycles. The normalized spacial score (nSPS) is 10.7. The first-order valence-electron chi connectivity index (χ1n) is 9.40. The minimum atomic E-state index is -0.388. The predicted octanol–water partition coefficient (Wildman–Crippen LogP) is 4.79. The number of hydrogen-bond acceptors (Lipinski definition) is 5. The molecule has 1 amide bonds. The predicted molar refractivity (Wildman–Crippen MR) is 118 cm³/mol. The van der Waals surface area contributed by atoms with Gasteiger partial charge in [0.25, 0.3) is 0 Å². The van der Waals surface area contributed by atoms with Crippen molar-refractivity contribution in [2.24, 2.45) is 0 Å². The van der Waals surface area contributed by atoms with Gasteiger partial charge in [-0.2, -0.15) is 0 Å². The van der Waals surface area contributed by atoms with E-state index in [1.54, 1.807) is 59.8 Å². The fourth-order valence-electron chi connectivity index (χ4n) is 2.96. The third kappa shape index (κ3) is 5.58. The minimum Gasteiger partial charge on any atom is -0.496 e. The van der Waals surface area contributed by atoms with Crippen molar-refractivity contribution in [3.8, 4) is 5.75 Å². The first-order chi connectivity index (χ1) is 14.6. The summed E-state index contributed by atoms with van der Waals surface area (Å²) in [5, 5.41) is 2.00. The summed E-state index contributed by atoms with van der Waals surface area (Å²) in [6.45, 7) is 0.951. The molecule has 0 atom stereocenters. The first-order valence-corrected chi connectivity index (χ1v) is 10.3. The van der Waals surface area contributed by atoms with Crippen molar-refractivity contribution >= 4 is 29.3 Å². The zero-order valence-electron chi connectivity index (χ0n) is 16.9. The van der Waals surface area contributed by atoms with Crippen molar-refractivity contribution in [3.05, 3.63) is 93.7 Å². The van der Waals surface area contributed by atoms with Crippen LogP contribution in [0.3, 0.4) is 0 Å². The van der Waals surface area contributed by atoms with E-state index in [9.17, 15) is 9.59 Å². The van der Waals surface area contributed by atoms with Crippen LogP contribution in [0.1, 0.15) is 26.4 Å². The van der Waals surface area contributed by atoms with Gasteiger partial charge in [0.2, 0.25) is 5.91 Å². The third-order valence-electron chi connectivity index (χ3n) is 4.54. The van der Waals surface area contributed by atoms with E-state index >= 15 is 0 Å². The average Bonchev–Trinajstić information content (AvgIpc) is 3.30. The second kappa shape index (κ2) is 10.4. The number of hydrogen-bond donors (Lipinski definition) is 0. The van der Waals surface area contributed by atoms with Gasteiger partial charge in [-0.25, -0.2) is 4.79 Å². The molecule has 0 aliphatic heterocycles. The van der Waals surface area contributed by atoms with Gasteiger partial charge in [0.05, 0.1) is 26.3 Å². The zero-order valence-corrected chi connectivity index (χ0v) is 17.7. The zero-order chi connectivity index (χ0) is 21.3. The van der Waals surface area contributed by atoms with Gasteiger partial charge >= 0.3 is 5.97 Å². The summed E-state index contributed by atoms with van der Waals surface area (Å²) in [6.07, 6.45) is 3.29. The van der Waals surface area contributed by atoms with Gasteiger partial charge in [0.15, 0.2) is 0 Å². The highest BCUT2D eigenvalue weighted by Crippen LogP contribution is 2.22. The van der Waals surface area contributed by atoms with Crippen molar-refractivity contribution < 1.29 is 19.1 Å². The lowest BCUT2D eigenvalue weighted by molar-refractivity contribution is -0.127. The Morgan fingerprint density at radius 1 is 0.967 bits per heavy atom. The number of methoxy groups -OCH3 is 2. The molecule has 0 spiro atoms. The molecule has 154 valence electrons. The minimum absolute atomic E-state index is 0.105. The number of benzene rings is 2. The molecule has 0 N–H and O–H groups in total. The molecule has 0 fully saturated rings. The summed E-state index contributed by atoms with van der Waals surface area (Å²) >= 11 is 1.62. The number of para-hydroxylation sites is 1. The molecule has 2 aromatic carbocycles. The quantitative estimate of drug-likeness (QED) is 0.388. The van der Waals surface area contributed by atoms with Crippen molar-refractivity contribution in [1.82, 2.24) is 4.90 Å². The molecule has 0 aliphatic rings. The number of carbonyl (C=O) groups excluding carboxylic acids is 2. The Morgan fingerprint density at radius 3 is 2.40 bits per heavy atom. The molecule has 0 aliphatic carbocycles. The first kappa shape index (κ1) is 21.3. The number of amides is 1. The molecule has 0 radical (unpaired) electrons. The van der Waals surface area contributed by atoms with Gasteiger partial charge in [0.1, 0.15) is 5.75 Å². The van der Waals surface area contributed by atoms with Gasteiger partial charge in [-0.05, 0) is 41.3 Å². The number of ether oxygens (including phenoxy) is 2. The fraction of sp³-hybridized carbons (Fsp3) is 0.167. The fourth-order valence-corrected chi connectivity index (χ4v) is 3.68. The van der Waals surface area contributed by atoms with Crippen LogP contribution in [0.5, 0.6) is 5.75 Å². The van der Waals surface area contributed by atoms with Crippen LogP contribution < -0.4 is 4.74 Å². The van der Waals surface area contributed by atoms with E-state index in [2.05, 4.69) is 0 Å². The molecule has 0 saturated heterocycles. The van der Waals surface area contributed by atoms with E-state index in [0.717, 1.165) is 21.8 Å². The van der Waals surface area contributed by atoms with Crippen molar-refractivity contribution in [2.45, 2.75) is 13.1 Å². The average molecular weight is 422 g/mol. The number of thiophene rings is 1. The highest BCUT2D eigenvalue weighted by Gasteiger charge is 2.15. The van der Waals surface area contributed by atoms with Crippen LogP contribution in [0, 0.1) is 0 Å². The Balaban J connectivity index is 1.77. The van der Waals surface area contributed by atoms with E-state index in [-0.39, 0.29) is 11.9 Å². The lowest BCUT2D eigenvalue weighted by atomic mass is 10.1. The van der Waals surface area contributed by atoms with Crippen LogP contribution in [-0.4, -0.2) is 31.0 Å². The molecule has 0 bridgehead atoms. The van der Waals surface area contributed by atoms with Crippen molar-refractivity contribution in [1.29, 1.82) is 0 Å². The molecule has 30 heavy (non-hydrogen) atoms. The Kier molecular flexibility index (Phi) is 7.40. The summed E-state index contributed by atoms with van der Waals surface area (Å²) in [7, 11) is 2.97. The van der Waals surface area contributed by atoms with Gasteiger partial charge in [0, 0.05) is 23.1 Å². The number of carbonyl (C=O) groups is 2. The second-order valence-corrected chi connectivity index (χ2v) is 7.56. The van der Waals surface area contributed by atoms with Gasteiger partial charge in [-0.15, -0.1) is 11.3 Å². The van der Waals surface area contributed by atoms with Crippen LogP contribution in [0.25, 0.3) is 6.08 Å². The summed E-state index contributed by atoms with van der Waals surface area (Å²) < 4.78 is 10.1. The van der Waals surface area contributed by atoms with E-state index in [4.69, 9.17) is 9.47 Å². The van der Waals surface area contributed by atoms with Crippen molar-refractivity contribution in [2.75, 3.05) is 14.2 Å². The molecular weight excluding hydrogens is 398 g/mol. The Bertz CT molecular complexity index is 1010. The lowest BCUT2D eigenvalue weighted by Crippen LogP contribution is -2.28. The van der Waals surface area contributed by atoms with Crippen LogP contribution in [-0.2, 0) is 22.6 Å². The molecule has 6 heteroatoms. The summed E-state index contributed by atoms with van der Waals surface area (Å²) in [5.74, 6) is 0.260. The molecule has 3 rings (SSSR count). The SMILES string of the molecule is COC(=O)c1ccc(/C=C/C(=O)N(Cc2cccs2)Cc2ccccc2OC)cc1. The lowest BCUT2D eigenvalue weighted by Gasteiger charge is -2.22. The van der Waals surface area contributed by atoms with Crippen LogP contribution >= 0.6 is 11.3 Å². The largest absolute Gasteiger partial charge is 0.496 e. The van der Waals surface area contributed by atoms with Crippen LogP contribution in [0.15, 0.2) is 72.1 Å². The van der Waals surface area contributed by atoms with Crippen LogP contribution in [0.4, 0.5) is 0 Å². The third-order valence-corrected chi connectivity index (χ3v) is 5.40. The summed E-state index contributed by atoms with van der Waals surface area (Å²) in [6, 6.07) is 18.6. The Morgan fingerprint density at radius 2 is 1.73 bits per heavy atom. The standard InChI is InChI=1S/C24H23NO4S/c1-28-22-8-4-3-6-20(22)16-25(17-21-7-5-15-30-21)23(26)14-11-18-9-12-19(13-10-18)24(27)29-2/h3-15H,16-17H2,1-2H3/b14-11+. The van der Waals surface area contributed by atoms with E-state index < -0.39 is 0 Å². The topological polar surface area (TPSA) is 55.8 Å². The smallest absolute Gasteiger partial charge is 0.337 e. The van der Waals surface area contributed by atoms with E-state index in [0.29, 0.717) is 18.7 Å². The Hall–Kier alpha value is -3.38. The van der Waals surface area contributed by atoms with E-state index in [1.807, 2.05) is 41.8 Å². The molecule has 1 aromatic heterocycles. The van der Waals surface area contributed by atoms with Crippen molar-refractivity contribution in [3.63, 3.8) is 0 Å². The van der Waals surface area contributed by atoms with Crippen LogP contribution in [0.2, 0.25) is 0 Å². The molecule has 0 saturated carbocycles. The maximum atomic E-state index is 13.0. The number of esters is 1. The van der Waals surface area contributed by atoms with Gasteiger partial charge in [-0.1, -0.05) is 36.4 Å². The molecule has 5 nitrogen and oxygen atoms in total. The maximum absolute atomic E-state index is 13.0. The Labute approximate surface area is 180 Å². The summed E-state index contributed by atoms with van der Waals surface area (Å²) in [4.78, 5) is 27.4. The maximum Gasteiger partial charge on any atom is 0.337 e. The van der Waals surface area contributed by atoms with Gasteiger partial charge < -0.3 is 14.4 Å². The summed E-state index contributed by atoms with van der Waals surface area (Å²) in [5.41, 5.74) is 2.24. The number of nitrogens with zero attached hydrogens (tertiary/aromatic N) is 1. The molecule has 3 aromatic rings. The molecular formula is C24H23NO4S. The molecule has 0 unspecified atom stereocenters. The number of rotatable bonds is 8. The highest BCUT2D eigenvalue weighted by atomic mass is 32.1. The van der Waals surface area contributed by atoms with E-state index in [1.165, 1.54) is 7.11 Å². The monoisotopic (exact) mass is 421 g/mol. The highest BCUT2D eigenvalue weighted by molar-refractivity contribution is 7.09. The second-order valence-electron chi connectivity index (χ2n) is 6.53.